The summed E-state index contributed by atoms with van der Waals surface area (Å²) in [7, 11) is 0.759. The van der Waals surface area contributed by atoms with Crippen LogP contribution in [0.4, 0.5) is 4.39 Å². The molecule has 0 fully saturated rings. The van der Waals surface area contributed by atoms with Crippen molar-refractivity contribution in [2.24, 2.45) is 0 Å². The fourth-order valence-corrected chi connectivity index (χ4v) is 2.36. The van der Waals surface area contributed by atoms with E-state index < -0.39 is 10.8 Å². The Balaban J connectivity index is 2.60. The van der Waals surface area contributed by atoms with E-state index >= 15 is 0 Å². The molecule has 2 unspecified atom stereocenters. The summed E-state index contributed by atoms with van der Waals surface area (Å²) >= 11 is 0. The normalized spacial score (nSPS) is 14.2. The van der Waals surface area contributed by atoms with Crippen LogP contribution in [0.25, 0.3) is 0 Å². The molecule has 0 aliphatic heterocycles. The molecule has 1 aromatic carbocycles. The van der Waals surface area contributed by atoms with Gasteiger partial charge >= 0.3 is 0 Å². The summed E-state index contributed by atoms with van der Waals surface area (Å²) in [6, 6.07) is 4.67. The topological polar surface area (TPSA) is 38.3 Å². The lowest BCUT2D eigenvalue weighted by Gasteiger charge is -2.17. The van der Waals surface area contributed by atoms with Gasteiger partial charge in [0.2, 0.25) is 0 Å². The van der Waals surface area contributed by atoms with E-state index in [2.05, 4.69) is 5.32 Å². The molecule has 0 aliphatic carbocycles. The van der Waals surface area contributed by atoms with Crippen LogP contribution in [-0.4, -0.2) is 29.9 Å². The maximum absolute atomic E-state index is 13.8. The van der Waals surface area contributed by atoms with Crippen molar-refractivity contribution in [1.82, 2.24) is 5.32 Å². The molecule has 0 saturated heterocycles. The van der Waals surface area contributed by atoms with Crippen LogP contribution in [0, 0.1) is 5.82 Å². The summed E-state index contributed by atoms with van der Waals surface area (Å²) in [6.07, 6.45) is 2.49. The van der Waals surface area contributed by atoms with E-state index in [9.17, 15) is 8.60 Å². The first-order chi connectivity index (χ1) is 8.56. The number of hydrogen-bond acceptors (Lipinski definition) is 3. The Morgan fingerprint density at radius 2 is 2.22 bits per heavy atom. The van der Waals surface area contributed by atoms with Crippen molar-refractivity contribution in [2.45, 2.75) is 19.4 Å². The summed E-state index contributed by atoms with van der Waals surface area (Å²) in [5, 5.41) is 3.22. The third-order valence-electron chi connectivity index (χ3n) is 2.72. The van der Waals surface area contributed by atoms with Gasteiger partial charge in [-0.05, 0) is 32.0 Å². The smallest absolute Gasteiger partial charge is 0.131 e. The number of hydrogen-bond donors (Lipinski definition) is 1. The van der Waals surface area contributed by atoms with Crippen LogP contribution < -0.4 is 10.1 Å². The largest absolute Gasteiger partial charge is 0.496 e. The van der Waals surface area contributed by atoms with Gasteiger partial charge in [-0.1, -0.05) is 6.07 Å². The van der Waals surface area contributed by atoms with Gasteiger partial charge in [0.25, 0.3) is 0 Å². The zero-order valence-electron chi connectivity index (χ0n) is 11.0. The number of nitrogens with one attached hydrogen (secondary N) is 1. The van der Waals surface area contributed by atoms with Crippen LogP contribution >= 0.6 is 0 Å². The minimum atomic E-state index is -0.774. The summed E-state index contributed by atoms with van der Waals surface area (Å²) in [5.41, 5.74) is 0.539. The van der Waals surface area contributed by atoms with Gasteiger partial charge < -0.3 is 10.1 Å². The molecule has 0 heterocycles. The van der Waals surface area contributed by atoms with Gasteiger partial charge in [-0.25, -0.2) is 4.39 Å². The first-order valence-corrected chi connectivity index (χ1v) is 7.64. The second-order valence-corrected chi connectivity index (χ2v) is 5.72. The van der Waals surface area contributed by atoms with E-state index in [1.54, 1.807) is 18.4 Å². The van der Waals surface area contributed by atoms with Gasteiger partial charge in [-0.2, -0.15) is 0 Å². The minimum Gasteiger partial charge on any atom is -0.496 e. The standard InChI is InChI=1S/C13H20FNO2S/c1-10(15-8-5-9-18(3)16)13-11(14)6-4-7-12(13)17-2/h4,6-7,10,15H,5,8-9H2,1-3H3. The maximum atomic E-state index is 13.8. The van der Waals surface area contributed by atoms with Crippen LogP contribution in [-0.2, 0) is 10.8 Å². The molecule has 2 atom stereocenters. The zero-order valence-corrected chi connectivity index (χ0v) is 11.8. The van der Waals surface area contributed by atoms with E-state index in [0.717, 1.165) is 6.42 Å². The number of ether oxygens (including phenoxy) is 1. The minimum absolute atomic E-state index is 0.133. The molecule has 1 rings (SSSR count). The van der Waals surface area contributed by atoms with Crippen molar-refractivity contribution >= 4 is 10.8 Å². The first-order valence-electron chi connectivity index (χ1n) is 5.92. The molecular formula is C13H20FNO2S. The molecule has 1 aromatic rings. The van der Waals surface area contributed by atoms with E-state index in [4.69, 9.17) is 4.74 Å². The Morgan fingerprint density at radius 1 is 1.50 bits per heavy atom. The molecule has 0 aromatic heterocycles. The second-order valence-electron chi connectivity index (χ2n) is 4.16. The van der Waals surface area contributed by atoms with E-state index in [1.807, 2.05) is 6.92 Å². The molecule has 18 heavy (non-hydrogen) atoms. The average Bonchev–Trinajstić information content (AvgIpc) is 2.33. The number of rotatable bonds is 7. The van der Waals surface area contributed by atoms with Crippen molar-refractivity contribution in [3.63, 3.8) is 0 Å². The van der Waals surface area contributed by atoms with Crippen LogP contribution in [0.3, 0.4) is 0 Å². The SMILES string of the molecule is COc1cccc(F)c1C(C)NCCCS(C)=O. The molecule has 0 aliphatic rings. The zero-order chi connectivity index (χ0) is 13.5. The fourth-order valence-electron chi connectivity index (χ4n) is 1.81. The van der Waals surface area contributed by atoms with Crippen molar-refractivity contribution in [2.75, 3.05) is 25.7 Å². The molecule has 102 valence electrons. The Kier molecular flexibility index (Phi) is 6.29. The van der Waals surface area contributed by atoms with Gasteiger partial charge in [-0.15, -0.1) is 0 Å². The lowest BCUT2D eigenvalue weighted by atomic mass is 10.1. The molecule has 0 radical (unpaired) electrons. The van der Waals surface area contributed by atoms with Crippen molar-refractivity contribution in [3.8, 4) is 5.75 Å². The molecule has 5 heteroatoms. The van der Waals surface area contributed by atoms with Crippen LogP contribution in [0.2, 0.25) is 0 Å². The summed E-state index contributed by atoms with van der Waals surface area (Å²) in [4.78, 5) is 0. The third-order valence-corrected chi connectivity index (χ3v) is 3.59. The quantitative estimate of drug-likeness (QED) is 0.774. The summed E-state index contributed by atoms with van der Waals surface area (Å²) < 4.78 is 29.8. The van der Waals surface area contributed by atoms with Gasteiger partial charge in [0.1, 0.15) is 11.6 Å². The molecule has 0 spiro atoms. The van der Waals surface area contributed by atoms with Crippen molar-refractivity contribution in [1.29, 1.82) is 0 Å². The van der Waals surface area contributed by atoms with Crippen LogP contribution in [0.5, 0.6) is 5.75 Å². The maximum Gasteiger partial charge on any atom is 0.131 e. The second kappa shape index (κ2) is 7.48. The van der Waals surface area contributed by atoms with Gasteiger partial charge in [0, 0.05) is 34.4 Å². The molecular weight excluding hydrogens is 253 g/mol. The highest BCUT2D eigenvalue weighted by Gasteiger charge is 2.15. The highest BCUT2D eigenvalue weighted by atomic mass is 32.2. The van der Waals surface area contributed by atoms with Crippen LogP contribution in [0.1, 0.15) is 24.9 Å². The van der Waals surface area contributed by atoms with Gasteiger partial charge in [0.15, 0.2) is 0 Å². The molecule has 0 amide bonds. The Morgan fingerprint density at radius 3 is 2.83 bits per heavy atom. The summed E-state index contributed by atoms with van der Waals surface area (Å²) in [6.45, 7) is 2.60. The van der Waals surface area contributed by atoms with Crippen molar-refractivity contribution in [3.05, 3.63) is 29.6 Å². The predicted molar refractivity (Wildman–Crippen MR) is 72.9 cm³/mol. The molecule has 0 bridgehead atoms. The highest BCUT2D eigenvalue weighted by molar-refractivity contribution is 7.84. The monoisotopic (exact) mass is 273 g/mol. The van der Waals surface area contributed by atoms with E-state index in [1.165, 1.54) is 13.2 Å². The summed E-state index contributed by atoms with van der Waals surface area (Å²) in [5.74, 6) is 0.941. The van der Waals surface area contributed by atoms with Crippen molar-refractivity contribution < 1.29 is 13.3 Å². The fraction of sp³-hybridized carbons (Fsp3) is 0.538. The molecule has 0 saturated carbocycles. The first kappa shape index (κ1) is 15.1. The van der Waals surface area contributed by atoms with E-state index in [0.29, 0.717) is 23.6 Å². The Bertz CT molecular complexity index is 412. The average molecular weight is 273 g/mol. The Labute approximate surface area is 110 Å². The van der Waals surface area contributed by atoms with Gasteiger partial charge in [-0.3, -0.25) is 4.21 Å². The number of methoxy groups -OCH3 is 1. The highest BCUT2D eigenvalue weighted by Crippen LogP contribution is 2.27. The molecule has 3 nitrogen and oxygen atoms in total. The number of benzene rings is 1. The van der Waals surface area contributed by atoms with Gasteiger partial charge in [0.05, 0.1) is 7.11 Å². The van der Waals surface area contributed by atoms with Crippen LogP contribution in [0.15, 0.2) is 18.2 Å². The number of halogens is 1. The van der Waals surface area contributed by atoms with E-state index in [-0.39, 0.29) is 11.9 Å². The lowest BCUT2D eigenvalue weighted by Crippen LogP contribution is -2.22. The predicted octanol–water partition coefficient (Wildman–Crippen LogP) is 2.25. The molecule has 1 N–H and O–H groups in total. The third kappa shape index (κ3) is 4.38. The Hall–Kier alpha value is -0.940. The lowest BCUT2D eigenvalue weighted by molar-refractivity contribution is 0.394.